The second-order valence-corrected chi connectivity index (χ2v) is 14.9. The highest BCUT2D eigenvalue weighted by Crippen LogP contribution is 2.39. The molecule has 7 rings (SSSR count). The summed E-state index contributed by atoms with van der Waals surface area (Å²) in [5.74, 6) is 0.505. The van der Waals surface area contributed by atoms with Crippen molar-refractivity contribution in [1.82, 2.24) is 29.3 Å². The number of carbonyl (C=O) groups is 2. The van der Waals surface area contributed by atoms with Gasteiger partial charge in [0.25, 0.3) is 5.91 Å². The number of imidazole rings is 1. The summed E-state index contributed by atoms with van der Waals surface area (Å²) in [6.07, 6.45) is 4.31. The average molecular weight is 723 g/mol. The van der Waals surface area contributed by atoms with Crippen molar-refractivity contribution in [1.29, 1.82) is 0 Å². The van der Waals surface area contributed by atoms with Gasteiger partial charge in [0.05, 0.1) is 29.1 Å². The molecule has 13 heteroatoms. The number of fused-ring (bicyclic) bond motifs is 2. The molecule has 1 unspecified atom stereocenters. The first-order valence-corrected chi connectivity index (χ1v) is 17.9. The molecule has 5 heterocycles. The van der Waals surface area contributed by atoms with Crippen LogP contribution in [-0.4, -0.2) is 77.8 Å². The molecule has 52 heavy (non-hydrogen) atoms. The van der Waals surface area contributed by atoms with Gasteiger partial charge in [0.1, 0.15) is 11.1 Å². The molecular weight excluding hydrogens is 680 g/mol. The molecule has 5 aromatic rings. The smallest absolute Gasteiger partial charge is 0.410 e. The van der Waals surface area contributed by atoms with E-state index in [1.165, 1.54) is 0 Å². The third-order valence-corrected chi connectivity index (χ3v) is 9.95. The Morgan fingerprint density at radius 1 is 1.06 bits per heavy atom. The lowest BCUT2D eigenvalue weighted by Gasteiger charge is -2.29. The third kappa shape index (κ3) is 7.32. The Morgan fingerprint density at radius 2 is 1.83 bits per heavy atom. The molecule has 0 spiro atoms. The maximum atomic E-state index is 13.6. The first kappa shape index (κ1) is 35.4. The second-order valence-electron chi connectivity index (χ2n) is 14.5. The largest absolute Gasteiger partial charge is 0.444 e. The monoisotopic (exact) mass is 722 g/mol. The number of anilines is 3. The number of aliphatic hydroxyl groups is 1. The number of halogens is 1. The van der Waals surface area contributed by atoms with Gasteiger partial charge in [-0.1, -0.05) is 35.9 Å². The molecule has 0 saturated carbocycles. The van der Waals surface area contributed by atoms with Gasteiger partial charge in [-0.3, -0.25) is 14.7 Å². The number of pyridine rings is 2. The van der Waals surface area contributed by atoms with Gasteiger partial charge >= 0.3 is 6.09 Å². The molecular formula is C39H43ClN8O4. The molecule has 2 aliphatic rings. The fraction of sp³-hybridized carbons (Fsp3) is 0.359. The highest BCUT2D eigenvalue weighted by atomic mass is 35.5. The summed E-state index contributed by atoms with van der Waals surface area (Å²) in [6.45, 7) is 10.5. The second kappa shape index (κ2) is 14.2. The molecule has 2 amide bonds. The van der Waals surface area contributed by atoms with E-state index in [2.05, 4.69) is 31.6 Å². The number of rotatable bonds is 7. The van der Waals surface area contributed by atoms with Crippen LogP contribution in [0.25, 0.3) is 22.0 Å². The van der Waals surface area contributed by atoms with Gasteiger partial charge in [-0.25, -0.2) is 14.8 Å². The van der Waals surface area contributed by atoms with E-state index in [9.17, 15) is 14.7 Å². The van der Waals surface area contributed by atoms with E-state index in [1.54, 1.807) is 15.7 Å². The van der Waals surface area contributed by atoms with Crippen molar-refractivity contribution in [2.75, 3.05) is 30.3 Å². The molecule has 3 N–H and O–H groups in total. The number of hydrogen-bond acceptors (Lipinski definition) is 9. The van der Waals surface area contributed by atoms with Crippen molar-refractivity contribution in [3.63, 3.8) is 0 Å². The Bertz CT molecular complexity index is 2180. The molecule has 2 aromatic carbocycles. The van der Waals surface area contributed by atoms with Gasteiger partial charge < -0.3 is 29.9 Å². The van der Waals surface area contributed by atoms with Crippen LogP contribution in [0.5, 0.6) is 0 Å². The minimum atomic E-state index is -0.600. The molecule has 3 aromatic heterocycles. The number of β-amino-alcohol motifs (C(OH)–C–C–N with tert-alkyl or cyclic N) is 1. The number of nitrogens with zero attached hydrogens (tertiary/aromatic N) is 6. The van der Waals surface area contributed by atoms with E-state index in [4.69, 9.17) is 21.3 Å². The van der Waals surface area contributed by atoms with Crippen LogP contribution >= 0.6 is 11.6 Å². The zero-order valence-electron chi connectivity index (χ0n) is 30.0. The molecule has 1 saturated heterocycles. The fourth-order valence-electron chi connectivity index (χ4n) is 6.92. The van der Waals surface area contributed by atoms with Gasteiger partial charge in [0.15, 0.2) is 11.6 Å². The van der Waals surface area contributed by atoms with Crippen LogP contribution in [0.1, 0.15) is 60.3 Å². The summed E-state index contributed by atoms with van der Waals surface area (Å²) in [4.78, 5) is 44.2. The number of aliphatic hydroxyl groups excluding tert-OH is 1. The summed E-state index contributed by atoms with van der Waals surface area (Å²) in [7, 11) is 1.82. The lowest BCUT2D eigenvalue weighted by molar-refractivity contribution is 0.0220. The molecule has 1 atom stereocenters. The molecule has 2 aliphatic heterocycles. The van der Waals surface area contributed by atoms with Crippen LogP contribution in [0.2, 0.25) is 5.02 Å². The van der Waals surface area contributed by atoms with Gasteiger partial charge in [0, 0.05) is 74.4 Å². The number of aromatic nitrogens is 4. The summed E-state index contributed by atoms with van der Waals surface area (Å²) in [5, 5.41) is 17.8. The number of likely N-dealkylation sites (tertiary alicyclic amines) is 1. The Kier molecular flexibility index (Phi) is 9.64. The number of ether oxygens (including phenoxy) is 1. The highest BCUT2D eigenvalue weighted by Gasteiger charge is 2.30. The van der Waals surface area contributed by atoms with Crippen LogP contribution in [-0.2, 0) is 31.3 Å². The summed E-state index contributed by atoms with van der Waals surface area (Å²) >= 11 is 7.08. The van der Waals surface area contributed by atoms with Crippen molar-refractivity contribution in [2.45, 2.75) is 65.3 Å². The number of nitrogens with one attached hydrogen (secondary N) is 2. The predicted octanol–water partition coefficient (Wildman–Crippen LogP) is 6.85. The normalized spacial score (nSPS) is 16.2. The maximum absolute atomic E-state index is 13.6. The van der Waals surface area contributed by atoms with Crippen LogP contribution in [0.15, 0.2) is 60.9 Å². The SMILES string of the molecule is Cc1c(NC(=O)c2nc3c(n2C)CCN(C(=O)OC(C)(C)C)C3)cccc1-c1cccc(Nc2nccc3cc(CN4CCC(O)C4)cnc23)c1Cl. The van der Waals surface area contributed by atoms with Crippen molar-refractivity contribution in [3.05, 3.63) is 94.3 Å². The van der Waals surface area contributed by atoms with Crippen LogP contribution < -0.4 is 10.6 Å². The van der Waals surface area contributed by atoms with Crippen molar-refractivity contribution in [3.8, 4) is 11.1 Å². The Hall–Kier alpha value is -5.04. The van der Waals surface area contributed by atoms with Crippen molar-refractivity contribution in [2.24, 2.45) is 7.05 Å². The quantitative estimate of drug-likeness (QED) is 0.165. The van der Waals surface area contributed by atoms with E-state index in [0.717, 1.165) is 58.4 Å². The summed E-state index contributed by atoms with van der Waals surface area (Å²) in [6, 6.07) is 15.5. The highest BCUT2D eigenvalue weighted by molar-refractivity contribution is 6.36. The molecule has 0 bridgehead atoms. The zero-order valence-corrected chi connectivity index (χ0v) is 30.8. The average Bonchev–Trinajstić information content (AvgIpc) is 3.67. The Balaban J connectivity index is 1.09. The molecule has 0 radical (unpaired) electrons. The standard InChI is InChI=1S/C39H43ClN8O4/c1-23-27(8-6-10-29(23)45-37(50)36-44-31-22-48(17-14-32(31)46(36)5)38(51)52-39(2,3)4)28-9-7-11-30(33(28)40)43-35-34-25(12-15-41-35)18-24(19-42-34)20-47-16-13-26(49)21-47/h6-12,15,18-19,26,49H,13-14,16-17,20-22H2,1-5H3,(H,41,43)(H,45,50). The maximum Gasteiger partial charge on any atom is 0.410 e. The van der Waals surface area contributed by atoms with Gasteiger partial charge in [-0.2, -0.15) is 0 Å². The minimum absolute atomic E-state index is 0.266. The number of benzene rings is 2. The van der Waals surface area contributed by atoms with Crippen LogP contribution in [0.4, 0.5) is 22.0 Å². The van der Waals surface area contributed by atoms with E-state index >= 15 is 0 Å². The third-order valence-electron chi connectivity index (χ3n) is 9.54. The molecule has 12 nitrogen and oxygen atoms in total. The van der Waals surface area contributed by atoms with Gasteiger partial charge in [0.2, 0.25) is 0 Å². The van der Waals surface area contributed by atoms with Crippen molar-refractivity contribution >= 4 is 51.7 Å². The fourth-order valence-corrected chi connectivity index (χ4v) is 7.19. The Morgan fingerprint density at radius 3 is 2.58 bits per heavy atom. The zero-order chi connectivity index (χ0) is 36.7. The molecule has 1 fully saturated rings. The number of hydrogen-bond donors (Lipinski definition) is 3. The lowest BCUT2D eigenvalue weighted by atomic mass is 9.98. The summed E-state index contributed by atoms with van der Waals surface area (Å²) in [5.41, 5.74) is 6.60. The first-order chi connectivity index (χ1) is 24.8. The van der Waals surface area contributed by atoms with Crippen molar-refractivity contribution < 1.29 is 19.4 Å². The summed E-state index contributed by atoms with van der Waals surface area (Å²) < 4.78 is 7.35. The topological polar surface area (TPSA) is 138 Å². The Labute approximate surface area is 307 Å². The van der Waals surface area contributed by atoms with E-state index < -0.39 is 11.7 Å². The van der Waals surface area contributed by atoms with E-state index in [-0.39, 0.29) is 24.4 Å². The van der Waals surface area contributed by atoms with Crippen LogP contribution in [0, 0.1) is 6.92 Å². The van der Waals surface area contributed by atoms with Gasteiger partial charge in [-0.05, 0) is 75.1 Å². The van der Waals surface area contributed by atoms with Gasteiger partial charge in [-0.15, -0.1) is 0 Å². The molecule has 0 aliphatic carbocycles. The minimum Gasteiger partial charge on any atom is -0.444 e. The number of carbonyl (C=O) groups excluding carboxylic acids is 2. The van der Waals surface area contributed by atoms with E-state index in [1.807, 2.05) is 83.4 Å². The van der Waals surface area contributed by atoms with E-state index in [0.29, 0.717) is 47.4 Å². The number of amides is 2. The molecule has 270 valence electrons. The van der Waals surface area contributed by atoms with Crippen LogP contribution in [0.3, 0.4) is 0 Å². The predicted molar refractivity (Wildman–Crippen MR) is 202 cm³/mol. The first-order valence-electron chi connectivity index (χ1n) is 17.5. The lowest BCUT2D eigenvalue weighted by Crippen LogP contribution is -2.40.